The van der Waals surface area contributed by atoms with Crippen molar-refractivity contribution >= 4 is 23.6 Å². The fourth-order valence-corrected chi connectivity index (χ4v) is 2.60. The highest BCUT2D eigenvalue weighted by Crippen LogP contribution is 2.13. The first-order valence-electron chi connectivity index (χ1n) is 8.85. The van der Waals surface area contributed by atoms with Gasteiger partial charge in [-0.25, -0.2) is 0 Å². The largest absolute Gasteiger partial charge is 0.303 e. The van der Waals surface area contributed by atoms with Gasteiger partial charge in [0.15, 0.2) is 17.4 Å². The van der Waals surface area contributed by atoms with Gasteiger partial charge < -0.3 is 4.79 Å². The minimum absolute atomic E-state index is 0. The Morgan fingerprint density at radius 1 is 0.550 bits per heavy atom. The van der Waals surface area contributed by atoms with Crippen LogP contribution in [0.4, 0.5) is 0 Å². The van der Waals surface area contributed by atoms with Gasteiger partial charge in [-0.05, 0) is 6.42 Å². The summed E-state index contributed by atoms with van der Waals surface area (Å²) < 4.78 is 0. The van der Waals surface area contributed by atoms with Crippen molar-refractivity contribution in [3.63, 3.8) is 0 Å². The van der Waals surface area contributed by atoms with E-state index in [4.69, 9.17) is 0 Å². The lowest BCUT2D eigenvalue weighted by Gasteiger charge is -2.02. The van der Waals surface area contributed by atoms with Crippen LogP contribution >= 0.6 is 0 Å². The lowest BCUT2D eigenvalue weighted by molar-refractivity contribution is -0.107. The van der Waals surface area contributed by atoms with Crippen molar-refractivity contribution in [2.24, 2.45) is 0 Å². The first kappa shape index (κ1) is 22.5. The van der Waals surface area contributed by atoms with Crippen LogP contribution in [-0.4, -0.2) is 23.6 Å². The van der Waals surface area contributed by atoms with E-state index in [0.717, 1.165) is 19.1 Å². The summed E-state index contributed by atoms with van der Waals surface area (Å²) in [7, 11) is 0. The van der Waals surface area contributed by atoms with Crippen LogP contribution in [0.3, 0.4) is 0 Å². The maximum atomic E-state index is 10.1. The summed E-state index contributed by atoms with van der Waals surface area (Å²) >= 11 is 0. The SMILES string of the molecule is CCCCCCCCCCCCCCCCCC=O.[AlH3]. The second-order valence-electron chi connectivity index (χ2n) is 5.91. The molecular formula is C18H39AlO. The lowest BCUT2D eigenvalue weighted by Crippen LogP contribution is -1.83. The number of hydrogen-bond acceptors (Lipinski definition) is 1. The molecule has 20 heavy (non-hydrogen) atoms. The summed E-state index contributed by atoms with van der Waals surface area (Å²) in [5, 5.41) is 0. The summed E-state index contributed by atoms with van der Waals surface area (Å²) in [6, 6.07) is 0. The maximum Gasteiger partial charge on any atom is 0.187 e. The van der Waals surface area contributed by atoms with Crippen LogP contribution in [0.2, 0.25) is 0 Å². The number of hydrogen-bond donors (Lipinski definition) is 0. The van der Waals surface area contributed by atoms with Gasteiger partial charge in [-0.1, -0.05) is 96.8 Å². The monoisotopic (exact) mass is 298 g/mol. The molecule has 0 radical (unpaired) electrons. The molecule has 1 nitrogen and oxygen atoms in total. The standard InChI is InChI=1S/C18H36O.Al.3H/c1-2-3-4-5-6-7-8-9-10-11-12-13-14-15-16-17-18-19;;;;/h18H,2-17H2,1H3;;;;. The fraction of sp³-hybridized carbons (Fsp3) is 0.944. The highest BCUT2D eigenvalue weighted by atomic mass is 27.0. The zero-order valence-corrected chi connectivity index (χ0v) is 13.3. The van der Waals surface area contributed by atoms with E-state index in [1.165, 1.54) is 89.9 Å². The maximum absolute atomic E-state index is 10.1. The summed E-state index contributed by atoms with van der Waals surface area (Å²) in [5.41, 5.74) is 0. The van der Waals surface area contributed by atoms with Crippen LogP contribution in [0.5, 0.6) is 0 Å². The van der Waals surface area contributed by atoms with E-state index in [2.05, 4.69) is 6.92 Å². The van der Waals surface area contributed by atoms with Crippen LogP contribution in [0.15, 0.2) is 0 Å². The third-order valence-corrected chi connectivity index (χ3v) is 3.93. The summed E-state index contributed by atoms with van der Waals surface area (Å²) in [5.74, 6) is 0. The Labute approximate surface area is 138 Å². The summed E-state index contributed by atoms with van der Waals surface area (Å²) in [6.45, 7) is 2.28. The van der Waals surface area contributed by atoms with E-state index in [1.807, 2.05) is 0 Å². The molecule has 0 rings (SSSR count). The smallest absolute Gasteiger partial charge is 0.187 e. The van der Waals surface area contributed by atoms with Crippen molar-refractivity contribution < 1.29 is 4.79 Å². The molecule has 0 bridgehead atoms. The highest BCUT2D eigenvalue weighted by Gasteiger charge is 1.94. The number of rotatable bonds is 16. The number of carbonyl (C=O) groups excluding carboxylic acids is 1. The van der Waals surface area contributed by atoms with Crippen LogP contribution in [0.25, 0.3) is 0 Å². The first-order chi connectivity index (χ1) is 9.41. The Hall–Kier alpha value is 0.202. The molecule has 0 aliphatic rings. The third-order valence-electron chi connectivity index (χ3n) is 3.93. The quantitative estimate of drug-likeness (QED) is 0.216. The average Bonchev–Trinajstić information content (AvgIpc) is 2.43. The zero-order valence-electron chi connectivity index (χ0n) is 13.3. The van der Waals surface area contributed by atoms with Crippen LogP contribution in [0.1, 0.15) is 110 Å². The van der Waals surface area contributed by atoms with Gasteiger partial charge >= 0.3 is 0 Å². The Bertz CT molecular complexity index is 171. The van der Waals surface area contributed by atoms with Gasteiger partial charge in [0.1, 0.15) is 6.29 Å². The molecule has 0 atom stereocenters. The number of carbonyl (C=O) groups is 1. The highest BCUT2D eigenvalue weighted by molar-refractivity contribution is 5.75. The zero-order chi connectivity index (χ0) is 14.0. The predicted octanol–water partition coefficient (Wildman–Crippen LogP) is 5.26. The van der Waals surface area contributed by atoms with Gasteiger partial charge in [0.2, 0.25) is 0 Å². The fourth-order valence-electron chi connectivity index (χ4n) is 2.60. The molecule has 2 heteroatoms. The van der Waals surface area contributed by atoms with E-state index >= 15 is 0 Å². The van der Waals surface area contributed by atoms with Gasteiger partial charge in [-0.2, -0.15) is 0 Å². The Kier molecular flexibility index (Phi) is 24.2. The first-order valence-corrected chi connectivity index (χ1v) is 8.85. The van der Waals surface area contributed by atoms with Crippen molar-refractivity contribution in [2.75, 3.05) is 0 Å². The van der Waals surface area contributed by atoms with Gasteiger partial charge in [0.25, 0.3) is 0 Å². The molecule has 0 aromatic heterocycles. The molecule has 0 saturated heterocycles. The van der Waals surface area contributed by atoms with E-state index in [9.17, 15) is 4.79 Å². The Balaban J connectivity index is 0. The molecule has 0 spiro atoms. The Morgan fingerprint density at radius 3 is 1.15 bits per heavy atom. The van der Waals surface area contributed by atoms with Crippen LogP contribution in [0, 0.1) is 0 Å². The van der Waals surface area contributed by atoms with Crippen LogP contribution < -0.4 is 0 Å². The van der Waals surface area contributed by atoms with Gasteiger partial charge in [0, 0.05) is 6.42 Å². The van der Waals surface area contributed by atoms with E-state index in [1.54, 1.807) is 0 Å². The second kappa shape index (κ2) is 21.5. The van der Waals surface area contributed by atoms with Gasteiger partial charge in [-0.3, -0.25) is 0 Å². The van der Waals surface area contributed by atoms with E-state index in [-0.39, 0.29) is 17.4 Å². The van der Waals surface area contributed by atoms with Crippen LogP contribution in [-0.2, 0) is 4.79 Å². The predicted molar refractivity (Wildman–Crippen MR) is 95.5 cm³/mol. The topological polar surface area (TPSA) is 17.1 Å². The molecule has 0 aromatic carbocycles. The molecular weight excluding hydrogens is 259 g/mol. The Morgan fingerprint density at radius 2 is 0.850 bits per heavy atom. The molecule has 0 unspecified atom stereocenters. The summed E-state index contributed by atoms with van der Waals surface area (Å²) in [4.78, 5) is 10.1. The number of aldehydes is 1. The molecule has 0 aliphatic carbocycles. The van der Waals surface area contributed by atoms with Crippen molar-refractivity contribution in [3.05, 3.63) is 0 Å². The van der Waals surface area contributed by atoms with Crippen molar-refractivity contribution in [3.8, 4) is 0 Å². The third kappa shape index (κ3) is 20.5. The van der Waals surface area contributed by atoms with Gasteiger partial charge in [-0.15, -0.1) is 0 Å². The average molecular weight is 298 g/mol. The lowest BCUT2D eigenvalue weighted by atomic mass is 10.0. The van der Waals surface area contributed by atoms with Crippen molar-refractivity contribution in [1.29, 1.82) is 0 Å². The summed E-state index contributed by atoms with van der Waals surface area (Å²) in [6.07, 6.45) is 22.6. The molecule has 0 fully saturated rings. The van der Waals surface area contributed by atoms with E-state index < -0.39 is 0 Å². The minimum Gasteiger partial charge on any atom is -0.303 e. The van der Waals surface area contributed by atoms with Crippen molar-refractivity contribution in [1.82, 2.24) is 0 Å². The molecule has 0 saturated carbocycles. The molecule has 0 heterocycles. The minimum atomic E-state index is 0. The van der Waals surface area contributed by atoms with E-state index in [0.29, 0.717) is 0 Å². The molecule has 0 N–H and O–H groups in total. The number of unbranched alkanes of at least 4 members (excludes halogenated alkanes) is 15. The molecule has 120 valence electrons. The second-order valence-corrected chi connectivity index (χ2v) is 5.91. The molecule has 0 aromatic rings. The molecule has 0 amide bonds. The molecule has 0 aliphatic heterocycles. The van der Waals surface area contributed by atoms with Gasteiger partial charge in [0.05, 0.1) is 0 Å². The normalized spacial score (nSPS) is 10.2. The van der Waals surface area contributed by atoms with Crippen molar-refractivity contribution in [2.45, 2.75) is 110 Å².